The minimum absolute atomic E-state index is 0.121. The van der Waals surface area contributed by atoms with Gasteiger partial charge in [0.25, 0.3) is 0 Å². The van der Waals surface area contributed by atoms with E-state index in [-0.39, 0.29) is 5.78 Å². The highest BCUT2D eigenvalue weighted by Gasteiger charge is 2.17. The molecule has 0 fully saturated rings. The van der Waals surface area contributed by atoms with E-state index in [1.807, 2.05) is 6.07 Å². The minimum Gasteiger partial charge on any atom is -0.359 e. The van der Waals surface area contributed by atoms with Crippen molar-refractivity contribution < 1.29 is 4.79 Å². The first kappa shape index (κ1) is 12.7. The van der Waals surface area contributed by atoms with Crippen LogP contribution in [0.5, 0.6) is 0 Å². The highest BCUT2D eigenvalue weighted by atomic mass is 16.1. The Hall–Kier alpha value is -2.35. The van der Waals surface area contributed by atoms with Crippen molar-refractivity contribution in [3.8, 4) is 11.1 Å². The monoisotopic (exact) mass is 263 g/mol. The molecule has 0 bridgehead atoms. The number of carbonyl (C=O) groups is 1. The summed E-state index contributed by atoms with van der Waals surface area (Å²) >= 11 is 0. The van der Waals surface area contributed by atoms with E-state index in [2.05, 4.69) is 48.3 Å². The molecule has 0 radical (unpaired) electrons. The average molecular weight is 263 g/mol. The molecule has 0 aromatic heterocycles. The number of carbonyl (C=O) groups excluding carboxylic acids is 1. The fourth-order valence-electron chi connectivity index (χ4n) is 2.77. The second-order valence-corrected chi connectivity index (χ2v) is 5.31. The zero-order valence-electron chi connectivity index (χ0n) is 11.6. The third-order valence-electron chi connectivity index (χ3n) is 3.58. The van der Waals surface area contributed by atoms with Crippen LogP contribution < -0.4 is 5.32 Å². The van der Waals surface area contributed by atoms with Gasteiger partial charge in [-0.1, -0.05) is 36.9 Å². The van der Waals surface area contributed by atoms with E-state index >= 15 is 0 Å². The molecule has 20 heavy (non-hydrogen) atoms. The minimum atomic E-state index is 0.121. The number of nitrogens with one attached hydrogen (secondary N) is 1. The summed E-state index contributed by atoms with van der Waals surface area (Å²) in [6.45, 7) is 5.47. The lowest BCUT2D eigenvalue weighted by Gasteiger charge is -2.10. The molecular formula is C18H17NO. The van der Waals surface area contributed by atoms with Gasteiger partial charge in [-0.15, -0.1) is 0 Å². The molecule has 2 aromatic carbocycles. The Labute approximate surface area is 119 Å². The van der Waals surface area contributed by atoms with Crippen LogP contribution in [0.1, 0.15) is 24.5 Å². The van der Waals surface area contributed by atoms with Crippen LogP contribution in [0.4, 0.5) is 5.69 Å². The zero-order valence-corrected chi connectivity index (χ0v) is 11.6. The summed E-state index contributed by atoms with van der Waals surface area (Å²) in [5.74, 6) is 0.121. The number of hydrogen-bond donors (Lipinski definition) is 1. The lowest BCUT2D eigenvalue weighted by molar-refractivity contribution is -0.116. The molecule has 0 aliphatic heterocycles. The third kappa shape index (κ3) is 2.37. The van der Waals surface area contributed by atoms with Crippen molar-refractivity contribution in [3.63, 3.8) is 0 Å². The quantitative estimate of drug-likeness (QED) is 0.765. The molecule has 0 amide bonds. The predicted octanol–water partition coefficient (Wildman–Crippen LogP) is 4.16. The van der Waals surface area contributed by atoms with Gasteiger partial charge >= 0.3 is 0 Å². The zero-order chi connectivity index (χ0) is 14.1. The van der Waals surface area contributed by atoms with E-state index in [0.29, 0.717) is 6.42 Å². The van der Waals surface area contributed by atoms with Gasteiger partial charge < -0.3 is 5.32 Å². The van der Waals surface area contributed by atoms with Gasteiger partial charge in [0.2, 0.25) is 0 Å². The van der Waals surface area contributed by atoms with E-state index in [9.17, 15) is 4.79 Å². The van der Waals surface area contributed by atoms with Gasteiger partial charge in [0.15, 0.2) is 0 Å². The largest absolute Gasteiger partial charge is 0.359 e. The maximum Gasteiger partial charge on any atom is 0.135 e. The lowest BCUT2D eigenvalue weighted by atomic mass is 10.1. The van der Waals surface area contributed by atoms with Crippen LogP contribution in [0.15, 0.2) is 54.7 Å². The molecule has 2 heteroatoms. The van der Waals surface area contributed by atoms with E-state index in [4.69, 9.17) is 0 Å². The summed E-state index contributed by atoms with van der Waals surface area (Å²) in [4.78, 5) is 11.1. The maximum absolute atomic E-state index is 11.1. The number of Topliss-reactive ketones (excluding diaryl/α,β-unsaturated/α-hetero) is 1. The summed E-state index contributed by atoms with van der Waals surface area (Å²) < 4.78 is 0. The standard InChI is InChI=1S/C18H17NO/c1-12(9-13(2)20)19-16-7-8-18-15(11-16)10-14-5-3-4-6-17(14)18/h3-8,11,19H,1,9-10H2,2H3. The fraction of sp³-hybridized carbons (Fsp3) is 0.167. The average Bonchev–Trinajstić information content (AvgIpc) is 2.75. The Bertz CT molecular complexity index is 700. The Kier molecular flexibility index (Phi) is 3.15. The molecule has 1 N–H and O–H groups in total. The summed E-state index contributed by atoms with van der Waals surface area (Å²) in [5, 5.41) is 3.21. The molecule has 2 nitrogen and oxygen atoms in total. The number of ketones is 1. The molecule has 2 aromatic rings. The molecule has 0 spiro atoms. The van der Waals surface area contributed by atoms with Gasteiger partial charge in [0, 0.05) is 17.8 Å². The molecule has 0 atom stereocenters. The second kappa shape index (κ2) is 4.97. The maximum atomic E-state index is 11.1. The highest BCUT2D eigenvalue weighted by molar-refractivity contribution is 5.80. The number of fused-ring (bicyclic) bond motifs is 3. The molecule has 0 unspecified atom stereocenters. The Morgan fingerprint density at radius 3 is 2.70 bits per heavy atom. The van der Waals surface area contributed by atoms with Crippen LogP contribution in [0.3, 0.4) is 0 Å². The Morgan fingerprint density at radius 2 is 1.90 bits per heavy atom. The fourth-order valence-corrected chi connectivity index (χ4v) is 2.77. The van der Waals surface area contributed by atoms with Crippen molar-refractivity contribution in [2.75, 3.05) is 5.32 Å². The van der Waals surface area contributed by atoms with Gasteiger partial charge in [-0.3, -0.25) is 4.79 Å². The van der Waals surface area contributed by atoms with Crippen LogP contribution in [-0.4, -0.2) is 5.78 Å². The van der Waals surface area contributed by atoms with Crippen molar-refractivity contribution in [1.82, 2.24) is 0 Å². The van der Waals surface area contributed by atoms with Gasteiger partial charge in [-0.05, 0) is 47.7 Å². The second-order valence-electron chi connectivity index (χ2n) is 5.31. The molecule has 3 rings (SSSR count). The van der Waals surface area contributed by atoms with Crippen molar-refractivity contribution in [3.05, 3.63) is 65.9 Å². The Morgan fingerprint density at radius 1 is 1.15 bits per heavy atom. The van der Waals surface area contributed by atoms with E-state index in [1.54, 1.807) is 6.92 Å². The molecule has 1 aliphatic rings. The number of anilines is 1. The number of hydrogen-bond acceptors (Lipinski definition) is 2. The van der Waals surface area contributed by atoms with Gasteiger partial charge in [-0.25, -0.2) is 0 Å². The molecule has 0 heterocycles. The highest BCUT2D eigenvalue weighted by Crippen LogP contribution is 2.37. The first-order valence-corrected chi connectivity index (χ1v) is 6.79. The van der Waals surface area contributed by atoms with Crippen molar-refractivity contribution >= 4 is 11.5 Å². The molecular weight excluding hydrogens is 246 g/mol. The molecule has 100 valence electrons. The van der Waals surface area contributed by atoms with Crippen LogP contribution in [0, 0.1) is 0 Å². The van der Waals surface area contributed by atoms with Crippen molar-refractivity contribution in [2.24, 2.45) is 0 Å². The number of allylic oxidation sites excluding steroid dienone is 1. The van der Waals surface area contributed by atoms with Gasteiger partial charge in [0.1, 0.15) is 5.78 Å². The number of rotatable bonds is 4. The molecule has 0 saturated heterocycles. The topological polar surface area (TPSA) is 29.1 Å². The summed E-state index contributed by atoms with van der Waals surface area (Å²) in [5.41, 5.74) is 7.09. The number of benzene rings is 2. The summed E-state index contributed by atoms with van der Waals surface area (Å²) in [6, 6.07) is 14.9. The summed E-state index contributed by atoms with van der Waals surface area (Å²) in [6.07, 6.45) is 1.34. The van der Waals surface area contributed by atoms with E-state index in [0.717, 1.165) is 17.8 Å². The van der Waals surface area contributed by atoms with Crippen LogP contribution in [0.25, 0.3) is 11.1 Å². The van der Waals surface area contributed by atoms with Crippen molar-refractivity contribution in [1.29, 1.82) is 0 Å². The SMILES string of the molecule is C=C(CC(C)=O)Nc1ccc2c(c1)Cc1ccccc1-2. The Balaban J connectivity index is 1.84. The predicted molar refractivity (Wildman–Crippen MR) is 82.7 cm³/mol. The van der Waals surface area contributed by atoms with Crippen LogP contribution in [-0.2, 0) is 11.2 Å². The van der Waals surface area contributed by atoms with E-state index < -0.39 is 0 Å². The van der Waals surface area contributed by atoms with Crippen LogP contribution >= 0.6 is 0 Å². The first-order chi connectivity index (χ1) is 9.63. The van der Waals surface area contributed by atoms with Crippen LogP contribution in [0.2, 0.25) is 0 Å². The smallest absolute Gasteiger partial charge is 0.135 e. The molecule has 0 saturated carbocycles. The molecule has 1 aliphatic carbocycles. The lowest BCUT2D eigenvalue weighted by Crippen LogP contribution is -2.02. The van der Waals surface area contributed by atoms with Gasteiger partial charge in [0.05, 0.1) is 0 Å². The van der Waals surface area contributed by atoms with Gasteiger partial charge in [-0.2, -0.15) is 0 Å². The normalized spacial score (nSPS) is 11.7. The first-order valence-electron chi connectivity index (χ1n) is 6.79. The van der Waals surface area contributed by atoms with E-state index in [1.165, 1.54) is 22.3 Å². The summed E-state index contributed by atoms with van der Waals surface area (Å²) in [7, 11) is 0. The van der Waals surface area contributed by atoms with Crippen molar-refractivity contribution in [2.45, 2.75) is 19.8 Å². The third-order valence-corrected chi connectivity index (χ3v) is 3.58.